The average molecular weight is 487 g/mol. The molecule has 4 aromatic heterocycles. The van der Waals surface area contributed by atoms with Crippen molar-refractivity contribution in [1.82, 2.24) is 30.1 Å². The summed E-state index contributed by atoms with van der Waals surface area (Å²) in [5.41, 5.74) is 6.78. The zero-order chi connectivity index (χ0) is 23.7. The van der Waals surface area contributed by atoms with E-state index in [2.05, 4.69) is 35.4 Å². The summed E-state index contributed by atoms with van der Waals surface area (Å²) in [6.07, 6.45) is -0.909. The maximum atomic E-state index is 13.5. The molecule has 0 spiro atoms. The molecule has 4 aromatic rings. The molecular weight excluding hydrogens is 465 g/mol. The van der Waals surface area contributed by atoms with Gasteiger partial charge in [-0.15, -0.1) is 11.3 Å². The van der Waals surface area contributed by atoms with Gasteiger partial charge in [0, 0.05) is 47.9 Å². The lowest BCUT2D eigenvalue weighted by molar-refractivity contribution is -0.140. The molecule has 2 aliphatic rings. The third-order valence-electron chi connectivity index (χ3n) is 7.10. The average Bonchev–Trinajstić information content (AvgIpc) is 3.09. The van der Waals surface area contributed by atoms with Gasteiger partial charge in [-0.2, -0.15) is 18.3 Å². The lowest BCUT2D eigenvalue weighted by Gasteiger charge is -2.26. The first-order valence-electron chi connectivity index (χ1n) is 10.9. The molecule has 0 bridgehead atoms. The Bertz CT molecular complexity index is 1380. The number of nitrogens with zero attached hydrogens (tertiary/aromatic N) is 6. The van der Waals surface area contributed by atoms with Crippen LogP contribution in [0.4, 0.5) is 19.0 Å². The summed E-state index contributed by atoms with van der Waals surface area (Å²) in [5, 5.41) is 10.0. The van der Waals surface area contributed by atoms with Crippen LogP contribution < -0.4 is 10.6 Å². The van der Waals surface area contributed by atoms with Crippen LogP contribution in [0.1, 0.15) is 22.8 Å². The first kappa shape index (κ1) is 21.4. The smallest absolute Gasteiger partial charge is 0.355 e. The number of aromatic amines is 1. The number of halogens is 3. The molecule has 3 N–H and O–H groups in total. The van der Waals surface area contributed by atoms with Crippen LogP contribution in [-0.2, 0) is 11.6 Å². The van der Waals surface area contributed by atoms with Gasteiger partial charge in [0.25, 0.3) is 0 Å². The fourth-order valence-electron chi connectivity index (χ4n) is 5.42. The number of nitrogens with one attached hydrogen (secondary N) is 1. The van der Waals surface area contributed by atoms with Crippen LogP contribution in [-0.4, -0.2) is 49.8 Å². The largest absolute Gasteiger partial charge is 0.434 e. The van der Waals surface area contributed by atoms with Crippen molar-refractivity contribution in [3.63, 3.8) is 0 Å². The summed E-state index contributed by atoms with van der Waals surface area (Å²) in [4.78, 5) is 19.5. The van der Waals surface area contributed by atoms with Crippen LogP contribution in [0.2, 0.25) is 0 Å². The summed E-state index contributed by atoms with van der Waals surface area (Å²) in [5.74, 6) is 1.53. The molecule has 1 saturated heterocycles. The van der Waals surface area contributed by atoms with E-state index in [0.29, 0.717) is 24.2 Å². The van der Waals surface area contributed by atoms with E-state index in [1.165, 1.54) is 12.1 Å². The first-order chi connectivity index (χ1) is 16.3. The number of H-pyrrole nitrogens is 1. The molecule has 5 heterocycles. The number of hydrogen-bond donors (Lipinski definition) is 2. The molecule has 8 nitrogen and oxygen atoms in total. The molecule has 34 heavy (non-hydrogen) atoms. The molecule has 6 rings (SSSR count). The fraction of sp³-hybridized carbons (Fsp3) is 0.409. The highest BCUT2D eigenvalue weighted by Crippen LogP contribution is 2.63. The molecule has 3 atom stereocenters. The Balaban J connectivity index is 1.30. The standard InChI is InChI=1S/C22H21F3N8S/c1-11-9-34-20(29-11)21(10-26)13-4-6-33(8-14(13)21)15-7-28-17-16(31-32-19(17)30-15)12-3-2-5-27-18(12)22(23,24)25/h2-3,5,7,9,13-14H,4,6,8,10,26H2,1H3,(H,30,31,32). The number of thiazole rings is 1. The molecular formula is C22H21F3N8S. The van der Waals surface area contributed by atoms with Crippen molar-refractivity contribution in [3.05, 3.63) is 46.3 Å². The van der Waals surface area contributed by atoms with Crippen molar-refractivity contribution in [2.24, 2.45) is 17.6 Å². The maximum Gasteiger partial charge on any atom is 0.434 e. The Morgan fingerprint density at radius 3 is 2.85 bits per heavy atom. The van der Waals surface area contributed by atoms with Gasteiger partial charge < -0.3 is 10.6 Å². The number of aryl methyl sites for hydroxylation is 1. The summed E-state index contributed by atoms with van der Waals surface area (Å²) >= 11 is 1.68. The molecule has 3 unspecified atom stereocenters. The number of pyridine rings is 1. The van der Waals surface area contributed by atoms with Crippen molar-refractivity contribution in [1.29, 1.82) is 0 Å². The monoisotopic (exact) mass is 486 g/mol. The minimum atomic E-state index is -4.60. The van der Waals surface area contributed by atoms with Gasteiger partial charge >= 0.3 is 6.18 Å². The van der Waals surface area contributed by atoms with Crippen LogP contribution in [0.5, 0.6) is 0 Å². The normalized spacial score (nSPS) is 24.4. The second-order valence-corrected chi connectivity index (χ2v) is 9.74. The van der Waals surface area contributed by atoms with E-state index in [1.807, 2.05) is 6.92 Å². The lowest BCUT2D eigenvalue weighted by Crippen LogP contribution is -2.32. The second-order valence-electron chi connectivity index (χ2n) is 8.88. The maximum absolute atomic E-state index is 13.5. The van der Waals surface area contributed by atoms with Gasteiger partial charge in [-0.3, -0.25) is 10.1 Å². The minimum absolute atomic E-state index is 0.0843. The Hall–Kier alpha value is -3.12. The first-order valence-corrected chi connectivity index (χ1v) is 11.8. The van der Waals surface area contributed by atoms with Crippen LogP contribution in [0.15, 0.2) is 29.9 Å². The predicted octanol–water partition coefficient (Wildman–Crippen LogP) is 3.55. The summed E-state index contributed by atoms with van der Waals surface area (Å²) in [6, 6.07) is 2.80. The molecule has 2 fully saturated rings. The number of hydrogen-bond acceptors (Lipinski definition) is 8. The zero-order valence-electron chi connectivity index (χ0n) is 18.2. The highest BCUT2D eigenvalue weighted by atomic mass is 32.1. The zero-order valence-corrected chi connectivity index (χ0v) is 19.0. The minimum Gasteiger partial charge on any atom is -0.355 e. The van der Waals surface area contributed by atoms with E-state index in [4.69, 9.17) is 10.7 Å². The second kappa shape index (κ2) is 7.44. The number of fused-ring (bicyclic) bond motifs is 2. The van der Waals surface area contributed by atoms with Gasteiger partial charge in [-0.25, -0.2) is 15.0 Å². The highest BCUT2D eigenvalue weighted by molar-refractivity contribution is 7.09. The molecule has 1 aliphatic heterocycles. The third-order valence-corrected chi connectivity index (χ3v) is 8.26. The molecule has 176 valence electrons. The number of nitrogens with two attached hydrogens (primary N) is 1. The van der Waals surface area contributed by atoms with Gasteiger partial charge in [0.1, 0.15) is 16.3 Å². The lowest BCUT2D eigenvalue weighted by atomic mass is 10.0. The van der Waals surface area contributed by atoms with E-state index in [9.17, 15) is 13.2 Å². The Morgan fingerprint density at radius 1 is 1.26 bits per heavy atom. The quantitative estimate of drug-likeness (QED) is 0.454. The van der Waals surface area contributed by atoms with E-state index < -0.39 is 11.9 Å². The van der Waals surface area contributed by atoms with Crippen molar-refractivity contribution >= 4 is 28.3 Å². The van der Waals surface area contributed by atoms with Gasteiger partial charge in [0.05, 0.1) is 11.9 Å². The summed E-state index contributed by atoms with van der Waals surface area (Å²) in [7, 11) is 0. The van der Waals surface area contributed by atoms with Crippen molar-refractivity contribution < 1.29 is 13.2 Å². The molecule has 1 saturated carbocycles. The van der Waals surface area contributed by atoms with Crippen molar-refractivity contribution in [3.8, 4) is 11.3 Å². The Morgan fingerprint density at radius 2 is 2.12 bits per heavy atom. The van der Waals surface area contributed by atoms with Crippen molar-refractivity contribution in [2.75, 3.05) is 24.5 Å². The number of anilines is 1. The van der Waals surface area contributed by atoms with Gasteiger partial charge in [0.2, 0.25) is 5.65 Å². The van der Waals surface area contributed by atoms with E-state index >= 15 is 0 Å². The summed E-state index contributed by atoms with van der Waals surface area (Å²) in [6.45, 7) is 4.13. The molecule has 0 aromatic carbocycles. The predicted molar refractivity (Wildman–Crippen MR) is 121 cm³/mol. The Kier molecular flexibility index (Phi) is 4.69. The SMILES string of the molecule is Cc1csc(C2(CN)C3CCN(c4cnc5c(-c6cccnc6C(F)(F)F)[nH]nc5n4)CC32)n1. The highest BCUT2D eigenvalue weighted by Gasteiger charge is 2.67. The van der Waals surface area contributed by atoms with Crippen LogP contribution in [0.3, 0.4) is 0 Å². The topological polar surface area (TPSA) is 110 Å². The number of aromatic nitrogens is 6. The number of alkyl halides is 3. The molecule has 1 aliphatic carbocycles. The number of piperidine rings is 1. The fourth-order valence-corrected chi connectivity index (χ4v) is 6.56. The van der Waals surface area contributed by atoms with E-state index in [1.54, 1.807) is 17.5 Å². The van der Waals surface area contributed by atoms with Crippen LogP contribution in [0.25, 0.3) is 22.4 Å². The van der Waals surface area contributed by atoms with Crippen LogP contribution >= 0.6 is 11.3 Å². The summed E-state index contributed by atoms with van der Waals surface area (Å²) < 4.78 is 40.4. The van der Waals surface area contributed by atoms with Crippen LogP contribution in [0, 0.1) is 18.8 Å². The number of rotatable bonds is 4. The van der Waals surface area contributed by atoms with E-state index in [0.717, 1.165) is 36.4 Å². The molecule has 0 amide bonds. The van der Waals surface area contributed by atoms with Crippen molar-refractivity contribution in [2.45, 2.75) is 24.9 Å². The van der Waals surface area contributed by atoms with Gasteiger partial charge in [-0.1, -0.05) is 0 Å². The van der Waals surface area contributed by atoms with Gasteiger partial charge in [0.15, 0.2) is 5.69 Å². The third kappa shape index (κ3) is 3.12. The van der Waals surface area contributed by atoms with Gasteiger partial charge in [-0.05, 0) is 37.3 Å². The Labute approximate surface area is 196 Å². The van der Waals surface area contributed by atoms with E-state index in [-0.39, 0.29) is 27.8 Å². The molecule has 0 radical (unpaired) electrons. The molecule has 12 heteroatoms.